The smallest absolute Gasteiger partial charge is 0.186 e. The maximum absolute atomic E-state index is 14.2. The molecule has 9 heteroatoms. The highest BCUT2D eigenvalue weighted by Gasteiger charge is 2.37. The highest BCUT2D eigenvalue weighted by Crippen LogP contribution is 2.44. The summed E-state index contributed by atoms with van der Waals surface area (Å²) in [5.74, 6) is 0.0170. The summed E-state index contributed by atoms with van der Waals surface area (Å²) in [6.45, 7) is 31.0. The van der Waals surface area contributed by atoms with E-state index in [1.54, 1.807) is 48.5 Å². The summed E-state index contributed by atoms with van der Waals surface area (Å²) in [4.78, 5) is 33.7. The third-order valence-electron chi connectivity index (χ3n) is 10.3. The standard InChI is InChI=1S/C51H59Cl2N5O2/c1-47(2,3)32-28-41(43(57-55-35-20-16-33(52)17-21-35)30-24-37(48(4,5)6)45(59)38(25-30)49(7,8)9)54-42(29-32)44(58-56-36-22-18-34(53)19-23-36)31-26-39(50(10,11)12)46(60)40(27-31)51(13,14)15/h16-29H,1-15H3. The molecule has 1 heterocycles. The molecule has 2 aromatic carbocycles. The lowest BCUT2D eigenvalue weighted by Gasteiger charge is -2.32. The summed E-state index contributed by atoms with van der Waals surface area (Å²) in [5.41, 5.74) is 6.02. The molecule has 0 amide bonds. The van der Waals surface area contributed by atoms with Gasteiger partial charge in [0.1, 0.15) is 11.4 Å². The van der Waals surface area contributed by atoms with E-state index in [4.69, 9.17) is 48.6 Å². The molecular formula is C51H59Cl2N5O2. The van der Waals surface area contributed by atoms with Gasteiger partial charge < -0.3 is 0 Å². The molecule has 0 saturated heterocycles. The van der Waals surface area contributed by atoms with Gasteiger partial charge in [0.25, 0.3) is 0 Å². The van der Waals surface area contributed by atoms with Gasteiger partial charge >= 0.3 is 0 Å². The largest absolute Gasteiger partial charge is 0.289 e. The highest BCUT2D eigenvalue weighted by molar-refractivity contribution is 6.30. The number of nitrogens with zero attached hydrogens (tertiary/aromatic N) is 5. The van der Waals surface area contributed by atoms with Gasteiger partial charge in [0.2, 0.25) is 0 Å². The third kappa shape index (κ3) is 10.9. The van der Waals surface area contributed by atoms with Crippen molar-refractivity contribution in [2.24, 2.45) is 42.1 Å². The first-order valence-electron chi connectivity index (χ1n) is 20.4. The van der Waals surface area contributed by atoms with Crippen molar-refractivity contribution >= 4 is 57.5 Å². The molecule has 5 rings (SSSR count). The molecule has 2 aliphatic rings. The second kappa shape index (κ2) is 16.9. The van der Waals surface area contributed by atoms with Crippen LogP contribution in [0.5, 0.6) is 0 Å². The van der Waals surface area contributed by atoms with E-state index in [9.17, 15) is 9.59 Å². The maximum Gasteiger partial charge on any atom is 0.186 e. The Morgan fingerprint density at radius 3 is 0.983 bits per heavy atom. The Balaban J connectivity index is 1.97. The van der Waals surface area contributed by atoms with Crippen molar-refractivity contribution in [2.75, 3.05) is 0 Å². The Kier molecular flexibility index (Phi) is 13.0. The summed E-state index contributed by atoms with van der Waals surface area (Å²) in [7, 11) is 0. The Morgan fingerprint density at radius 1 is 0.450 bits per heavy atom. The average molecular weight is 845 g/mol. The lowest BCUT2D eigenvalue weighted by atomic mass is 9.71. The topological polar surface area (TPSA) is 96.5 Å². The van der Waals surface area contributed by atoms with Crippen LogP contribution in [0.1, 0.15) is 121 Å². The predicted molar refractivity (Wildman–Crippen MR) is 249 cm³/mol. The van der Waals surface area contributed by atoms with Crippen LogP contribution in [-0.2, 0) is 15.0 Å². The molecule has 1 aromatic heterocycles. The SMILES string of the molecule is CC(C)(C)C1=CC(=C(N=Nc2ccc(Cl)cc2)c2cc(C(C)(C)C)cc(C(N=Nc3ccc(Cl)cc3)=C3C=C(C(C)(C)C)C(=O)C(C(C)(C)C)=C3)n2)C=C(C(C)(C)C)C1=O. The van der Waals surface area contributed by atoms with E-state index in [1.165, 1.54) is 0 Å². The van der Waals surface area contributed by atoms with E-state index in [1.807, 2.05) is 120 Å². The van der Waals surface area contributed by atoms with E-state index in [2.05, 4.69) is 20.8 Å². The van der Waals surface area contributed by atoms with E-state index < -0.39 is 21.7 Å². The van der Waals surface area contributed by atoms with E-state index in [0.29, 0.717) is 77.6 Å². The number of azo groups is 2. The second-order valence-electron chi connectivity index (χ2n) is 20.7. The van der Waals surface area contributed by atoms with E-state index >= 15 is 0 Å². The van der Waals surface area contributed by atoms with Crippen LogP contribution >= 0.6 is 23.2 Å². The molecule has 0 aliphatic heterocycles. The first kappa shape index (κ1) is 46.2. The lowest BCUT2D eigenvalue weighted by molar-refractivity contribution is -0.114. The molecule has 2 aliphatic carbocycles. The van der Waals surface area contributed by atoms with Gasteiger partial charge in [-0.1, -0.05) is 127 Å². The number of ketones is 2. The van der Waals surface area contributed by atoms with E-state index in [0.717, 1.165) is 5.56 Å². The van der Waals surface area contributed by atoms with Crippen molar-refractivity contribution < 1.29 is 9.59 Å². The van der Waals surface area contributed by atoms with Crippen LogP contribution in [-0.4, -0.2) is 16.6 Å². The number of halogens is 2. The van der Waals surface area contributed by atoms with Crippen LogP contribution in [0.4, 0.5) is 11.4 Å². The predicted octanol–water partition coefficient (Wildman–Crippen LogP) is 15.7. The molecule has 0 bridgehead atoms. The summed E-state index contributed by atoms with van der Waals surface area (Å²) in [5, 5.41) is 20.5. The molecule has 0 N–H and O–H groups in total. The van der Waals surface area contributed by atoms with Crippen LogP contribution in [0.3, 0.4) is 0 Å². The third-order valence-corrected chi connectivity index (χ3v) is 10.8. The molecule has 7 nitrogen and oxygen atoms in total. The molecule has 314 valence electrons. The number of carbonyl (C=O) groups excluding carboxylic acids is 2. The molecule has 0 atom stereocenters. The molecule has 60 heavy (non-hydrogen) atoms. The van der Waals surface area contributed by atoms with Gasteiger partial charge in [-0.2, -0.15) is 10.2 Å². The van der Waals surface area contributed by atoms with Gasteiger partial charge in [0.05, 0.1) is 22.8 Å². The van der Waals surface area contributed by atoms with Gasteiger partial charge in [-0.25, -0.2) is 4.98 Å². The number of rotatable bonds is 6. The Labute approximate surface area is 367 Å². The molecule has 0 saturated carbocycles. The minimum atomic E-state index is -0.469. The van der Waals surface area contributed by atoms with Crippen molar-refractivity contribution in [1.82, 2.24) is 4.98 Å². The minimum absolute atomic E-state index is 0.00851. The fourth-order valence-electron chi connectivity index (χ4n) is 6.71. The molecule has 0 radical (unpaired) electrons. The maximum atomic E-state index is 14.2. The van der Waals surface area contributed by atoms with Gasteiger partial charge in [-0.05, 0) is 118 Å². The van der Waals surface area contributed by atoms with Crippen molar-refractivity contribution in [3.8, 4) is 0 Å². The number of carbonyl (C=O) groups is 2. The van der Waals surface area contributed by atoms with Crippen LogP contribution in [0.2, 0.25) is 10.0 Å². The normalized spacial score (nSPS) is 16.0. The van der Waals surface area contributed by atoms with Crippen molar-refractivity contribution in [1.29, 1.82) is 0 Å². The number of aromatic nitrogens is 1. The quantitative estimate of drug-likeness (QED) is 0.231. The fraction of sp³-hybridized carbons (Fsp3) is 0.392. The van der Waals surface area contributed by atoms with Crippen molar-refractivity contribution in [3.63, 3.8) is 0 Å². The Hall–Kier alpha value is -4.85. The van der Waals surface area contributed by atoms with Crippen molar-refractivity contribution in [2.45, 2.75) is 109 Å². The zero-order chi connectivity index (χ0) is 44.7. The monoisotopic (exact) mass is 843 g/mol. The number of hydrogen-bond donors (Lipinski definition) is 0. The van der Waals surface area contributed by atoms with Crippen LogP contribution in [0.25, 0.3) is 11.4 Å². The number of pyridine rings is 1. The number of benzene rings is 2. The van der Waals surface area contributed by atoms with Crippen molar-refractivity contribution in [3.05, 3.63) is 145 Å². The van der Waals surface area contributed by atoms with Crippen LogP contribution in [0.15, 0.2) is 139 Å². The zero-order valence-corrected chi connectivity index (χ0v) is 39.4. The number of allylic oxidation sites excluding steroid dienone is 10. The number of hydrogen-bond acceptors (Lipinski definition) is 7. The van der Waals surface area contributed by atoms with Gasteiger partial charge in [0.15, 0.2) is 11.6 Å². The lowest BCUT2D eigenvalue weighted by Crippen LogP contribution is -2.28. The first-order valence-corrected chi connectivity index (χ1v) is 21.1. The molecule has 3 aromatic rings. The first-order chi connectivity index (χ1) is 27.5. The molecule has 0 spiro atoms. The molecule has 0 unspecified atom stereocenters. The fourth-order valence-corrected chi connectivity index (χ4v) is 6.96. The highest BCUT2D eigenvalue weighted by atomic mass is 35.5. The average Bonchev–Trinajstić information content (AvgIpc) is 3.12. The summed E-state index contributed by atoms with van der Waals surface area (Å²) in [6, 6.07) is 18.4. The Bertz CT molecular complexity index is 2220. The Morgan fingerprint density at radius 2 is 0.733 bits per heavy atom. The minimum Gasteiger partial charge on any atom is -0.289 e. The molecule has 0 fully saturated rings. The van der Waals surface area contributed by atoms with Gasteiger partial charge in [-0.15, -0.1) is 10.2 Å². The second-order valence-corrected chi connectivity index (χ2v) is 21.6. The summed E-state index contributed by atoms with van der Waals surface area (Å²) >= 11 is 12.5. The summed E-state index contributed by atoms with van der Waals surface area (Å²) in [6.07, 6.45) is 7.73. The zero-order valence-electron chi connectivity index (χ0n) is 37.9. The van der Waals surface area contributed by atoms with E-state index in [-0.39, 0.29) is 17.0 Å². The van der Waals surface area contributed by atoms with Crippen LogP contribution in [0, 0.1) is 21.7 Å². The van der Waals surface area contributed by atoms with Gasteiger partial charge in [-0.3, -0.25) is 9.59 Å². The molecular weight excluding hydrogens is 785 g/mol. The number of Topliss-reactive ketones (excluding diaryl/α,β-unsaturated/α-hetero) is 2. The summed E-state index contributed by atoms with van der Waals surface area (Å²) < 4.78 is 0. The van der Waals surface area contributed by atoms with Crippen LogP contribution < -0.4 is 0 Å². The van der Waals surface area contributed by atoms with Gasteiger partial charge in [0, 0.05) is 43.5 Å².